The number of hydrogen-bond acceptors (Lipinski definition) is 1. The third-order valence-electron chi connectivity index (χ3n) is 10.9. The van der Waals surface area contributed by atoms with Gasteiger partial charge in [-0.2, -0.15) is 0 Å². The van der Waals surface area contributed by atoms with Crippen LogP contribution >= 0.6 is 0 Å². The zero-order valence-electron chi connectivity index (χ0n) is 19.6. The Bertz CT molecular complexity index is 540. The van der Waals surface area contributed by atoms with Crippen molar-refractivity contribution in [3.8, 4) is 0 Å². The minimum atomic E-state index is -0.0319. The van der Waals surface area contributed by atoms with Crippen LogP contribution in [0.2, 0.25) is 0 Å². The van der Waals surface area contributed by atoms with Crippen LogP contribution in [0.1, 0.15) is 112 Å². The summed E-state index contributed by atoms with van der Waals surface area (Å²) in [5.41, 5.74) is 0.810. The lowest BCUT2D eigenvalue weighted by Crippen LogP contribution is -2.57. The van der Waals surface area contributed by atoms with Crippen molar-refractivity contribution in [2.75, 3.05) is 0 Å². The minimum Gasteiger partial charge on any atom is -0.393 e. The van der Waals surface area contributed by atoms with Gasteiger partial charge in [0.15, 0.2) is 0 Å². The molecular formula is C27H48O. The van der Waals surface area contributed by atoms with E-state index in [1.807, 2.05) is 0 Å². The lowest BCUT2D eigenvalue weighted by atomic mass is 9.44. The fourth-order valence-electron chi connectivity index (χ4n) is 9.34. The Kier molecular flexibility index (Phi) is 5.98. The van der Waals surface area contributed by atoms with Gasteiger partial charge < -0.3 is 5.11 Å². The molecule has 0 aromatic rings. The first-order valence-electron chi connectivity index (χ1n) is 13.0. The van der Waals surface area contributed by atoms with Crippen LogP contribution in [0.5, 0.6) is 0 Å². The van der Waals surface area contributed by atoms with Gasteiger partial charge in [-0.05, 0) is 104 Å². The molecule has 0 aromatic heterocycles. The van der Waals surface area contributed by atoms with Crippen molar-refractivity contribution >= 4 is 0 Å². The van der Waals surface area contributed by atoms with Crippen LogP contribution < -0.4 is 0 Å². The molecule has 0 bridgehead atoms. The van der Waals surface area contributed by atoms with Gasteiger partial charge >= 0.3 is 0 Å². The number of aliphatic hydroxyl groups is 1. The molecule has 0 saturated heterocycles. The maximum atomic E-state index is 11.1. The average Bonchev–Trinajstić information content (AvgIpc) is 3.00. The van der Waals surface area contributed by atoms with Gasteiger partial charge in [0.2, 0.25) is 0 Å². The fourth-order valence-corrected chi connectivity index (χ4v) is 9.34. The van der Waals surface area contributed by atoms with E-state index >= 15 is 0 Å². The maximum absolute atomic E-state index is 11.1. The molecule has 4 aliphatic rings. The quantitative estimate of drug-likeness (QED) is 0.518. The van der Waals surface area contributed by atoms with Gasteiger partial charge in [0.1, 0.15) is 0 Å². The smallest absolute Gasteiger partial charge is 0.0599 e. The van der Waals surface area contributed by atoms with Crippen LogP contribution in [0, 0.1) is 52.3 Å². The van der Waals surface area contributed by atoms with Crippen molar-refractivity contribution < 1.29 is 5.11 Å². The van der Waals surface area contributed by atoms with Gasteiger partial charge in [-0.25, -0.2) is 0 Å². The first kappa shape index (κ1) is 21.2. The summed E-state index contributed by atoms with van der Waals surface area (Å²) >= 11 is 0. The standard InChI is InChI=1S/C27H48O/c1-18(2)8-6-9-19(3)22-14-15-23-21-13-12-20-10-7-11-25(28)27(20,5)24(21)16-17-26(22,23)4/h18-25,28H,6-17H2,1-5H3. The molecule has 1 nitrogen and oxygen atoms in total. The molecule has 0 amide bonds. The van der Waals surface area contributed by atoms with E-state index < -0.39 is 0 Å². The molecule has 9 atom stereocenters. The Labute approximate surface area is 175 Å². The van der Waals surface area contributed by atoms with Crippen molar-refractivity contribution in [2.24, 2.45) is 52.3 Å². The highest BCUT2D eigenvalue weighted by Gasteiger charge is 2.61. The normalized spacial score (nSPS) is 49.4. The molecule has 0 aromatic carbocycles. The maximum Gasteiger partial charge on any atom is 0.0599 e. The second kappa shape index (κ2) is 7.90. The molecule has 0 aliphatic heterocycles. The predicted molar refractivity (Wildman–Crippen MR) is 119 cm³/mol. The number of fused-ring (bicyclic) bond motifs is 5. The highest BCUT2D eigenvalue weighted by atomic mass is 16.3. The second-order valence-corrected chi connectivity index (χ2v) is 12.5. The Hall–Kier alpha value is -0.0400. The molecule has 1 N–H and O–H groups in total. The van der Waals surface area contributed by atoms with Crippen molar-refractivity contribution in [1.29, 1.82) is 0 Å². The summed E-state index contributed by atoms with van der Waals surface area (Å²) < 4.78 is 0. The highest BCUT2D eigenvalue weighted by Crippen LogP contribution is 2.68. The first-order valence-corrected chi connectivity index (χ1v) is 13.0. The molecule has 0 radical (unpaired) electrons. The summed E-state index contributed by atoms with van der Waals surface area (Å²) in [6.45, 7) is 12.5. The molecule has 0 heterocycles. The van der Waals surface area contributed by atoms with E-state index in [9.17, 15) is 5.11 Å². The third kappa shape index (κ3) is 3.30. The minimum absolute atomic E-state index is 0.0319. The zero-order chi connectivity index (χ0) is 20.1. The van der Waals surface area contributed by atoms with Crippen LogP contribution in [0.25, 0.3) is 0 Å². The molecule has 4 rings (SSSR count). The molecule has 0 spiro atoms. The van der Waals surface area contributed by atoms with Gasteiger partial charge in [-0.1, -0.05) is 60.3 Å². The van der Waals surface area contributed by atoms with Crippen LogP contribution in [-0.2, 0) is 0 Å². The molecule has 4 fully saturated rings. The Morgan fingerprint density at radius 3 is 2.39 bits per heavy atom. The van der Waals surface area contributed by atoms with Crippen LogP contribution in [0.15, 0.2) is 0 Å². The van der Waals surface area contributed by atoms with Gasteiger partial charge in [-0.3, -0.25) is 0 Å². The van der Waals surface area contributed by atoms with Gasteiger partial charge in [0.05, 0.1) is 6.10 Å². The first-order chi connectivity index (χ1) is 13.3. The van der Waals surface area contributed by atoms with E-state index in [0.29, 0.717) is 5.41 Å². The number of rotatable bonds is 5. The zero-order valence-corrected chi connectivity index (χ0v) is 19.6. The van der Waals surface area contributed by atoms with E-state index in [1.165, 1.54) is 70.6 Å². The fraction of sp³-hybridized carbons (Fsp3) is 1.00. The Balaban J connectivity index is 1.49. The van der Waals surface area contributed by atoms with E-state index in [0.717, 1.165) is 47.8 Å². The number of hydrogen-bond donors (Lipinski definition) is 1. The third-order valence-corrected chi connectivity index (χ3v) is 10.9. The molecule has 162 valence electrons. The lowest BCUT2D eigenvalue weighted by Gasteiger charge is -2.62. The van der Waals surface area contributed by atoms with E-state index in [-0.39, 0.29) is 11.5 Å². The largest absolute Gasteiger partial charge is 0.393 e. The van der Waals surface area contributed by atoms with Crippen LogP contribution in [0.4, 0.5) is 0 Å². The van der Waals surface area contributed by atoms with Gasteiger partial charge in [0.25, 0.3) is 0 Å². The average molecular weight is 389 g/mol. The van der Waals surface area contributed by atoms with Crippen molar-refractivity contribution in [2.45, 2.75) is 118 Å². The van der Waals surface area contributed by atoms with Gasteiger partial charge in [-0.15, -0.1) is 0 Å². The Morgan fingerprint density at radius 1 is 0.857 bits per heavy atom. The molecule has 4 aliphatic carbocycles. The Morgan fingerprint density at radius 2 is 1.64 bits per heavy atom. The summed E-state index contributed by atoms with van der Waals surface area (Å²) in [7, 11) is 0. The van der Waals surface area contributed by atoms with Crippen molar-refractivity contribution in [3.05, 3.63) is 0 Å². The predicted octanol–water partition coefficient (Wildman–Crippen LogP) is 7.47. The summed E-state index contributed by atoms with van der Waals surface area (Å²) in [5.74, 6) is 6.15. The molecule has 4 saturated carbocycles. The van der Waals surface area contributed by atoms with E-state index in [1.54, 1.807) is 0 Å². The summed E-state index contributed by atoms with van der Waals surface area (Å²) in [5, 5.41) is 11.1. The molecular weight excluding hydrogens is 340 g/mol. The molecule has 1 heteroatoms. The number of aliphatic hydroxyl groups excluding tert-OH is 1. The lowest BCUT2D eigenvalue weighted by molar-refractivity contribution is -0.164. The monoisotopic (exact) mass is 388 g/mol. The van der Waals surface area contributed by atoms with Crippen LogP contribution in [-0.4, -0.2) is 11.2 Å². The van der Waals surface area contributed by atoms with E-state index in [2.05, 4.69) is 34.6 Å². The SMILES string of the molecule is CC(C)CCCC(C)C1CCC2C3CCC4CCCC(O)C4(C)C3CCC12C. The summed E-state index contributed by atoms with van der Waals surface area (Å²) in [4.78, 5) is 0. The topological polar surface area (TPSA) is 20.2 Å². The highest BCUT2D eigenvalue weighted by molar-refractivity contribution is 5.10. The van der Waals surface area contributed by atoms with Gasteiger partial charge in [0, 0.05) is 0 Å². The molecule has 28 heavy (non-hydrogen) atoms. The molecule has 9 unspecified atom stereocenters. The van der Waals surface area contributed by atoms with Crippen molar-refractivity contribution in [1.82, 2.24) is 0 Å². The van der Waals surface area contributed by atoms with E-state index in [4.69, 9.17) is 0 Å². The van der Waals surface area contributed by atoms with Crippen molar-refractivity contribution in [3.63, 3.8) is 0 Å². The second-order valence-electron chi connectivity index (χ2n) is 12.5. The van der Waals surface area contributed by atoms with Crippen LogP contribution in [0.3, 0.4) is 0 Å². The summed E-state index contributed by atoms with van der Waals surface area (Å²) in [6, 6.07) is 0. The summed E-state index contributed by atoms with van der Waals surface area (Å²) in [6.07, 6.45) is 16.6.